The van der Waals surface area contributed by atoms with Gasteiger partial charge in [0, 0.05) is 12.1 Å². The van der Waals surface area contributed by atoms with E-state index >= 15 is 0 Å². The number of rotatable bonds is 9. The Balaban J connectivity index is 0.000000150. The van der Waals surface area contributed by atoms with Crippen LogP contribution in [0.4, 0.5) is 5.95 Å². The van der Waals surface area contributed by atoms with Crippen LogP contribution in [0, 0.1) is 11.8 Å². The van der Waals surface area contributed by atoms with Crippen molar-refractivity contribution in [3.8, 4) is 0 Å². The van der Waals surface area contributed by atoms with Crippen molar-refractivity contribution in [1.29, 1.82) is 0 Å². The molecule has 0 atom stereocenters. The second-order valence-electron chi connectivity index (χ2n) is 13.6. The number of nitrogens with zero attached hydrogens (tertiary/aromatic N) is 2. The van der Waals surface area contributed by atoms with Gasteiger partial charge in [-0.2, -0.15) is 0 Å². The number of aromatic nitrogens is 4. The van der Waals surface area contributed by atoms with E-state index in [1.807, 2.05) is 30.3 Å². The third-order valence-corrected chi connectivity index (χ3v) is 10.2. The molecule has 0 radical (unpaired) electrons. The van der Waals surface area contributed by atoms with Crippen molar-refractivity contribution in [2.24, 2.45) is 11.8 Å². The van der Waals surface area contributed by atoms with Crippen LogP contribution >= 0.6 is 0 Å². The molecule has 2 aliphatic rings. The molecule has 2 saturated carbocycles. The van der Waals surface area contributed by atoms with E-state index in [-0.39, 0.29) is 0 Å². The van der Waals surface area contributed by atoms with E-state index in [4.69, 9.17) is 0 Å². The second-order valence-corrected chi connectivity index (χ2v) is 13.6. The van der Waals surface area contributed by atoms with Crippen LogP contribution in [0.5, 0.6) is 0 Å². The first kappa shape index (κ1) is 31.2. The normalized spacial score (nSPS) is 21.3. The zero-order valence-corrected chi connectivity index (χ0v) is 27.4. The van der Waals surface area contributed by atoms with Crippen LogP contribution in [0.3, 0.4) is 0 Å². The first-order chi connectivity index (χ1) is 23.2. The molecule has 8 rings (SSSR count). The Bertz CT molecular complexity index is 1730. The highest BCUT2D eigenvalue weighted by Crippen LogP contribution is 2.30. The first-order valence-corrected chi connectivity index (χ1v) is 17.7. The van der Waals surface area contributed by atoms with Crippen LogP contribution in [0.2, 0.25) is 0 Å². The Morgan fingerprint density at radius 1 is 0.511 bits per heavy atom. The predicted octanol–water partition coefficient (Wildman–Crippen LogP) is 9.23. The standard InChI is InChI=1S/C21H25N3.C20H23N3/c1-2-6-16(7-3-1)14-17-10-12-18(13-11-17)22-15-21-23-19-8-4-5-9-20(19)24-21;1-2-6-15(7-3-1)14-16-10-12-17(13-11-16)21-20-22-18-8-4-5-9-19(18)23-20/h1-9,17-18,22H,10-15H2,(H,23,24);1-9,16-17H,10-14H2,(H2,21,22,23). The summed E-state index contributed by atoms with van der Waals surface area (Å²) in [7, 11) is 0. The highest BCUT2D eigenvalue weighted by molar-refractivity contribution is 5.77. The van der Waals surface area contributed by atoms with E-state index in [0.717, 1.165) is 52.2 Å². The lowest BCUT2D eigenvalue weighted by Gasteiger charge is -2.29. The summed E-state index contributed by atoms with van der Waals surface area (Å²) >= 11 is 0. The quantitative estimate of drug-likeness (QED) is 0.129. The number of hydrogen-bond acceptors (Lipinski definition) is 4. The maximum Gasteiger partial charge on any atom is 0.201 e. The van der Waals surface area contributed by atoms with E-state index in [1.54, 1.807) is 0 Å². The summed E-state index contributed by atoms with van der Waals surface area (Å²) in [6.07, 6.45) is 12.7. The summed E-state index contributed by atoms with van der Waals surface area (Å²) in [4.78, 5) is 16.1. The number of anilines is 1. The SMILES string of the molecule is c1ccc(CC2CCC(NCc3nc4ccccc4[nH]3)CC2)cc1.c1ccc(CC2CCC(Nc3nc4ccccc4[nH]3)CC2)cc1. The van der Waals surface area contributed by atoms with Gasteiger partial charge in [-0.1, -0.05) is 84.9 Å². The zero-order chi connectivity index (χ0) is 31.7. The molecule has 6 nitrogen and oxygen atoms in total. The summed E-state index contributed by atoms with van der Waals surface area (Å²) in [6, 6.07) is 39.4. The summed E-state index contributed by atoms with van der Waals surface area (Å²) in [6.45, 7) is 0.836. The fraction of sp³-hybridized carbons (Fsp3) is 0.366. The van der Waals surface area contributed by atoms with E-state index in [9.17, 15) is 0 Å². The average molecular weight is 625 g/mol. The van der Waals surface area contributed by atoms with Gasteiger partial charge in [0.1, 0.15) is 5.82 Å². The third-order valence-electron chi connectivity index (χ3n) is 10.2. The van der Waals surface area contributed by atoms with E-state index in [2.05, 4.69) is 109 Å². The van der Waals surface area contributed by atoms with Gasteiger partial charge >= 0.3 is 0 Å². The molecule has 0 saturated heterocycles. The third kappa shape index (κ3) is 8.69. The minimum Gasteiger partial charge on any atom is -0.353 e. The topological polar surface area (TPSA) is 81.4 Å². The van der Waals surface area contributed by atoms with Gasteiger partial charge in [-0.05, 0) is 111 Å². The van der Waals surface area contributed by atoms with E-state index < -0.39 is 0 Å². The van der Waals surface area contributed by atoms with Crippen LogP contribution in [-0.4, -0.2) is 32.0 Å². The van der Waals surface area contributed by atoms with Crippen LogP contribution in [0.25, 0.3) is 22.1 Å². The highest BCUT2D eigenvalue weighted by Gasteiger charge is 2.23. The number of para-hydroxylation sites is 4. The molecule has 2 fully saturated rings. The molecule has 0 bridgehead atoms. The lowest BCUT2D eigenvalue weighted by Crippen LogP contribution is -2.33. The molecule has 2 aliphatic carbocycles. The molecule has 47 heavy (non-hydrogen) atoms. The fourth-order valence-electron chi connectivity index (χ4n) is 7.52. The largest absolute Gasteiger partial charge is 0.353 e. The van der Waals surface area contributed by atoms with Crippen molar-refractivity contribution in [2.75, 3.05) is 5.32 Å². The molecular formula is C41H48N6. The predicted molar refractivity (Wildman–Crippen MR) is 194 cm³/mol. The fourth-order valence-corrected chi connectivity index (χ4v) is 7.52. The number of fused-ring (bicyclic) bond motifs is 2. The van der Waals surface area contributed by atoms with Crippen molar-refractivity contribution < 1.29 is 0 Å². The van der Waals surface area contributed by atoms with Crippen molar-refractivity contribution in [1.82, 2.24) is 25.3 Å². The molecule has 0 aliphatic heterocycles. The summed E-state index contributed by atoms with van der Waals surface area (Å²) in [5.41, 5.74) is 7.28. The molecule has 0 amide bonds. The van der Waals surface area contributed by atoms with Crippen LogP contribution in [-0.2, 0) is 19.4 Å². The second kappa shape index (κ2) is 15.4. The number of benzene rings is 4. The molecule has 6 heteroatoms. The Morgan fingerprint density at radius 3 is 1.55 bits per heavy atom. The number of hydrogen-bond donors (Lipinski definition) is 4. The highest BCUT2D eigenvalue weighted by atomic mass is 15.1. The summed E-state index contributed by atoms with van der Waals surface area (Å²) in [5.74, 6) is 3.63. The molecule has 0 spiro atoms. The van der Waals surface area contributed by atoms with Crippen LogP contribution in [0.15, 0.2) is 109 Å². The van der Waals surface area contributed by atoms with Crippen molar-refractivity contribution in [3.63, 3.8) is 0 Å². The Labute approximate surface area is 278 Å². The summed E-state index contributed by atoms with van der Waals surface area (Å²) in [5, 5.41) is 7.28. The molecule has 4 N–H and O–H groups in total. The molecule has 4 aromatic carbocycles. The van der Waals surface area contributed by atoms with Crippen molar-refractivity contribution >= 4 is 28.0 Å². The van der Waals surface area contributed by atoms with Gasteiger partial charge in [0.05, 0.1) is 28.6 Å². The van der Waals surface area contributed by atoms with Gasteiger partial charge in [-0.3, -0.25) is 0 Å². The number of imidazole rings is 2. The Morgan fingerprint density at radius 2 is 1.00 bits per heavy atom. The van der Waals surface area contributed by atoms with Gasteiger partial charge in [0.2, 0.25) is 5.95 Å². The lowest BCUT2D eigenvalue weighted by molar-refractivity contribution is 0.288. The van der Waals surface area contributed by atoms with E-state index in [1.165, 1.54) is 75.3 Å². The Hall–Kier alpha value is -4.42. The average Bonchev–Trinajstić information content (AvgIpc) is 3.73. The molecule has 2 aromatic heterocycles. The number of nitrogens with one attached hydrogen (secondary N) is 4. The minimum absolute atomic E-state index is 0.544. The molecular weight excluding hydrogens is 576 g/mol. The number of aromatic amines is 2. The molecule has 242 valence electrons. The minimum atomic E-state index is 0.544. The van der Waals surface area contributed by atoms with Gasteiger partial charge in [-0.25, -0.2) is 9.97 Å². The smallest absolute Gasteiger partial charge is 0.201 e. The molecule has 2 heterocycles. The molecule has 6 aromatic rings. The van der Waals surface area contributed by atoms with E-state index in [0.29, 0.717) is 12.1 Å². The monoisotopic (exact) mass is 624 g/mol. The Kier molecular flexibility index (Phi) is 10.3. The zero-order valence-electron chi connectivity index (χ0n) is 27.4. The van der Waals surface area contributed by atoms with Crippen LogP contribution < -0.4 is 10.6 Å². The molecule has 0 unspecified atom stereocenters. The maximum absolute atomic E-state index is 4.65. The van der Waals surface area contributed by atoms with Crippen LogP contribution in [0.1, 0.15) is 68.3 Å². The van der Waals surface area contributed by atoms with Gasteiger partial charge < -0.3 is 20.6 Å². The lowest BCUT2D eigenvalue weighted by atomic mass is 9.82. The van der Waals surface area contributed by atoms with Gasteiger partial charge in [-0.15, -0.1) is 0 Å². The van der Waals surface area contributed by atoms with Gasteiger partial charge in [0.25, 0.3) is 0 Å². The van der Waals surface area contributed by atoms with Gasteiger partial charge in [0.15, 0.2) is 0 Å². The number of H-pyrrole nitrogens is 2. The maximum atomic E-state index is 4.65. The summed E-state index contributed by atoms with van der Waals surface area (Å²) < 4.78 is 0. The van der Waals surface area contributed by atoms with Crippen molar-refractivity contribution in [3.05, 3.63) is 126 Å². The first-order valence-electron chi connectivity index (χ1n) is 17.7. The van der Waals surface area contributed by atoms with Crippen molar-refractivity contribution in [2.45, 2.75) is 82.8 Å².